The molecule has 1 unspecified atom stereocenters. The minimum absolute atomic E-state index is 0.275. The van der Waals surface area contributed by atoms with Crippen molar-refractivity contribution in [2.75, 3.05) is 18.5 Å². The monoisotopic (exact) mass is 340 g/mol. The maximum Gasteiger partial charge on any atom is 0.158 e. The Hall–Kier alpha value is -2.34. The van der Waals surface area contributed by atoms with Crippen LogP contribution in [-0.4, -0.2) is 33.9 Å². The van der Waals surface area contributed by atoms with Crippen LogP contribution in [0, 0.1) is 27.7 Å². The molecular formula is C19H24N4O2. The summed E-state index contributed by atoms with van der Waals surface area (Å²) in [5.74, 6) is 2.76. The molecule has 0 saturated carbocycles. The van der Waals surface area contributed by atoms with E-state index in [1.54, 1.807) is 0 Å². The fourth-order valence-electron chi connectivity index (χ4n) is 3.44. The van der Waals surface area contributed by atoms with Gasteiger partial charge >= 0.3 is 0 Å². The van der Waals surface area contributed by atoms with Crippen LogP contribution in [0.5, 0.6) is 0 Å². The molecule has 3 aromatic heterocycles. The number of furan rings is 1. The standard InChI is InChI=1S/C19H24N4O2/c1-11-8-16(14(4)25-11)17-9-18-21-13(3)12(2)19(23(18)22-17)20-10-15-6-5-7-24-15/h8-9,15,20H,5-7,10H2,1-4H3. The number of nitrogens with one attached hydrogen (secondary N) is 1. The summed E-state index contributed by atoms with van der Waals surface area (Å²) in [6.45, 7) is 9.68. The van der Waals surface area contributed by atoms with E-state index >= 15 is 0 Å². The lowest BCUT2D eigenvalue weighted by atomic mass is 10.2. The van der Waals surface area contributed by atoms with Crippen LogP contribution < -0.4 is 5.32 Å². The maximum absolute atomic E-state index is 5.73. The highest BCUT2D eigenvalue weighted by Crippen LogP contribution is 2.28. The number of nitrogens with zero attached hydrogens (tertiary/aromatic N) is 3. The van der Waals surface area contributed by atoms with Crippen molar-refractivity contribution in [3.05, 3.63) is 34.9 Å². The van der Waals surface area contributed by atoms with Crippen molar-refractivity contribution in [2.24, 2.45) is 0 Å². The Morgan fingerprint density at radius 1 is 1.24 bits per heavy atom. The average Bonchev–Trinajstić information content (AvgIpc) is 3.28. The smallest absolute Gasteiger partial charge is 0.158 e. The number of anilines is 1. The Bertz CT molecular complexity index is 919. The highest BCUT2D eigenvalue weighted by atomic mass is 16.5. The van der Waals surface area contributed by atoms with Gasteiger partial charge in [0.1, 0.15) is 17.3 Å². The first-order chi connectivity index (χ1) is 12.0. The van der Waals surface area contributed by atoms with Crippen LogP contribution in [0.2, 0.25) is 0 Å². The Morgan fingerprint density at radius 3 is 2.76 bits per heavy atom. The molecule has 4 rings (SSSR count). The van der Waals surface area contributed by atoms with E-state index in [0.717, 1.165) is 71.5 Å². The normalized spacial score (nSPS) is 17.5. The molecule has 1 fully saturated rings. The molecule has 1 N–H and O–H groups in total. The van der Waals surface area contributed by atoms with Crippen molar-refractivity contribution in [1.82, 2.24) is 14.6 Å². The molecule has 1 atom stereocenters. The van der Waals surface area contributed by atoms with Crippen LogP contribution >= 0.6 is 0 Å². The van der Waals surface area contributed by atoms with Gasteiger partial charge in [0.15, 0.2) is 5.65 Å². The largest absolute Gasteiger partial charge is 0.466 e. The van der Waals surface area contributed by atoms with Gasteiger partial charge in [-0.25, -0.2) is 4.98 Å². The van der Waals surface area contributed by atoms with Gasteiger partial charge in [0.05, 0.1) is 11.8 Å². The summed E-state index contributed by atoms with van der Waals surface area (Å²) in [4.78, 5) is 4.70. The topological polar surface area (TPSA) is 64.6 Å². The molecular weight excluding hydrogens is 316 g/mol. The third-order valence-electron chi connectivity index (χ3n) is 4.92. The van der Waals surface area contributed by atoms with E-state index in [0.29, 0.717) is 0 Å². The van der Waals surface area contributed by atoms with Gasteiger partial charge in [-0.05, 0) is 46.6 Å². The van der Waals surface area contributed by atoms with Crippen LogP contribution in [0.4, 0.5) is 5.82 Å². The third-order valence-corrected chi connectivity index (χ3v) is 4.92. The predicted octanol–water partition coefficient (Wildman–Crippen LogP) is 3.81. The Labute approximate surface area is 147 Å². The van der Waals surface area contributed by atoms with Gasteiger partial charge in [-0.1, -0.05) is 0 Å². The second-order valence-corrected chi connectivity index (χ2v) is 6.81. The zero-order chi connectivity index (χ0) is 17.6. The molecule has 25 heavy (non-hydrogen) atoms. The summed E-state index contributed by atoms with van der Waals surface area (Å²) in [6, 6.07) is 4.04. The van der Waals surface area contributed by atoms with E-state index in [9.17, 15) is 0 Å². The fraction of sp³-hybridized carbons (Fsp3) is 0.474. The lowest BCUT2D eigenvalue weighted by molar-refractivity contribution is 0.120. The summed E-state index contributed by atoms with van der Waals surface area (Å²) in [6.07, 6.45) is 2.52. The Kier molecular flexibility index (Phi) is 4.00. The van der Waals surface area contributed by atoms with Gasteiger partial charge < -0.3 is 14.5 Å². The highest BCUT2D eigenvalue weighted by molar-refractivity contribution is 5.68. The summed E-state index contributed by atoms with van der Waals surface area (Å²) in [7, 11) is 0. The van der Waals surface area contributed by atoms with E-state index in [1.807, 2.05) is 37.4 Å². The molecule has 6 heteroatoms. The van der Waals surface area contributed by atoms with E-state index in [1.165, 1.54) is 0 Å². The number of aromatic nitrogens is 3. The molecule has 1 aliphatic heterocycles. The van der Waals surface area contributed by atoms with Gasteiger partial charge in [0, 0.05) is 36.0 Å². The van der Waals surface area contributed by atoms with Crippen molar-refractivity contribution >= 4 is 11.5 Å². The number of hydrogen-bond acceptors (Lipinski definition) is 5. The third kappa shape index (κ3) is 2.91. The lowest BCUT2D eigenvalue weighted by Crippen LogP contribution is -2.21. The van der Waals surface area contributed by atoms with Crippen LogP contribution in [0.1, 0.15) is 35.6 Å². The van der Waals surface area contributed by atoms with Crippen molar-refractivity contribution in [2.45, 2.75) is 46.6 Å². The second kappa shape index (κ2) is 6.19. The second-order valence-electron chi connectivity index (χ2n) is 6.81. The minimum atomic E-state index is 0.275. The molecule has 4 heterocycles. The van der Waals surface area contributed by atoms with Gasteiger partial charge in [0.2, 0.25) is 0 Å². The Morgan fingerprint density at radius 2 is 2.08 bits per heavy atom. The predicted molar refractivity (Wildman–Crippen MR) is 97.1 cm³/mol. The SMILES string of the molecule is Cc1cc(-c2cc3nc(C)c(C)c(NCC4CCCO4)n3n2)c(C)o1. The van der Waals surface area contributed by atoms with E-state index in [4.69, 9.17) is 19.2 Å². The molecule has 1 aliphatic rings. The molecule has 3 aromatic rings. The van der Waals surface area contributed by atoms with Gasteiger partial charge in [-0.2, -0.15) is 9.61 Å². The van der Waals surface area contributed by atoms with Gasteiger partial charge in [-0.3, -0.25) is 0 Å². The quantitative estimate of drug-likeness (QED) is 0.782. The highest BCUT2D eigenvalue weighted by Gasteiger charge is 2.19. The van der Waals surface area contributed by atoms with Crippen molar-refractivity contribution in [3.8, 4) is 11.3 Å². The molecule has 132 valence electrons. The first kappa shape index (κ1) is 16.1. The number of hydrogen-bond donors (Lipinski definition) is 1. The van der Waals surface area contributed by atoms with E-state index in [2.05, 4.69) is 12.2 Å². The molecule has 0 radical (unpaired) electrons. The first-order valence-corrected chi connectivity index (χ1v) is 8.83. The number of fused-ring (bicyclic) bond motifs is 1. The zero-order valence-corrected chi connectivity index (χ0v) is 15.2. The van der Waals surface area contributed by atoms with Crippen LogP contribution in [0.25, 0.3) is 16.9 Å². The summed E-state index contributed by atoms with van der Waals surface area (Å²) in [5, 5.41) is 8.33. The lowest BCUT2D eigenvalue weighted by Gasteiger charge is -2.15. The molecule has 0 aliphatic carbocycles. The van der Waals surface area contributed by atoms with E-state index < -0.39 is 0 Å². The van der Waals surface area contributed by atoms with Crippen molar-refractivity contribution in [3.63, 3.8) is 0 Å². The Balaban J connectivity index is 1.75. The van der Waals surface area contributed by atoms with Crippen molar-refractivity contribution < 1.29 is 9.15 Å². The molecule has 1 saturated heterocycles. The van der Waals surface area contributed by atoms with Crippen LogP contribution in [0.15, 0.2) is 16.5 Å². The summed E-state index contributed by atoms with van der Waals surface area (Å²) < 4.78 is 13.3. The molecule has 0 spiro atoms. The first-order valence-electron chi connectivity index (χ1n) is 8.83. The van der Waals surface area contributed by atoms with Crippen LogP contribution in [-0.2, 0) is 4.74 Å². The number of aryl methyl sites for hydroxylation is 3. The average molecular weight is 340 g/mol. The number of rotatable bonds is 4. The fourth-order valence-corrected chi connectivity index (χ4v) is 3.44. The van der Waals surface area contributed by atoms with Gasteiger partial charge in [0.25, 0.3) is 0 Å². The molecule has 6 nitrogen and oxygen atoms in total. The van der Waals surface area contributed by atoms with Crippen molar-refractivity contribution in [1.29, 1.82) is 0 Å². The minimum Gasteiger partial charge on any atom is -0.466 e. The van der Waals surface area contributed by atoms with Gasteiger partial charge in [-0.15, -0.1) is 0 Å². The van der Waals surface area contributed by atoms with Crippen LogP contribution in [0.3, 0.4) is 0 Å². The zero-order valence-electron chi connectivity index (χ0n) is 15.2. The molecule has 0 bridgehead atoms. The summed E-state index contributed by atoms with van der Waals surface area (Å²) >= 11 is 0. The molecule has 0 amide bonds. The number of ether oxygens (including phenoxy) is 1. The van der Waals surface area contributed by atoms with E-state index in [-0.39, 0.29) is 6.10 Å². The summed E-state index contributed by atoms with van der Waals surface area (Å²) in [5.41, 5.74) is 4.86. The maximum atomic E-state index is 5.73. The molecule has 0 aromatic carbocycles.